The predicted molar refractivity (Wildman–Crippen MR) is 91.6 cm³/mol. The normalized spacial score (nSPS) is 17.4. The molecule has 0 aliphatic heterocycles. The summed E-state index contributed by atoms with van der Waals surface area (Å²) in [5.74, 6) is 0.192. The quantitative estimate of drug-likeness (QED) is 0.770. The van der Waals surface area contributed by atoms with Crippen molar-refractivity contribution in [2.45, 2.75) is 57.5 Å². The summed E-state index contributed by atoms with van der Waals surface area (Å²) in [6.07, 6.45) is 7.19. The van der Waals surface area contributed by atoms with E-state index in [0.717, 1.165) is 17.3 Å². The lowest BCUT2D eigenvalue weighted by Crippen LogP contribution is -2.53. The topological polar surface area (TPSA) is 29.1 Å². The van der Waals surface area contributed by atoms with E-state index in [-0.39, 0.29) is 11.9 Å². The molecule has 2 rings (SSSR count). The van der Waals surface area contributed by atoms with Gasteiger partial charge in [-0.15, -0.1) is 0 Å². The highest BCUT2D eigenvalue weighted by atomic mass is 16.2. The molecule has 1 N–H and O–H groups in total. The van der Waals surface area contributed by atoms with Gasteiger partial charge in [-0.25, -0.2) is 0 Å². The van der Waals surface area contributed by atoms with Crippen LogP contribution in [0.5, 0.6) is 0 Å². The number of rotatable bonds is 7. The Morgan fingerprint density at radius 2 is 1.86 bits per heavy atom. The highest BCUT2D eigenvalue weighted by Gasteiger charge is 2.33. The van der Waals surface area contributed by atoms with Crippen LogP contribution in [0.15, 0.2) is 30.3 Å². The highest BCUT2D eigenvalue weighted by Crippen LogP contribution is 2.26. The number of nitrogens with one attached hydrogen (secondary N) is 1. The second-order valence-electron chi connectivity index (χ2n) is 7.37. The summed E-state index contributed by atoms with van der Waals surface area (Å²) in [5.41, 5.74) is 1.34. The molecule has 0 radical (unpaired) electrons. The fourth-order valence-corrected chi connectivity index (χ4v) is 3.52. The second-order valence-corrected chi connectivity index (χ2v) is 7.37. The smallest absolute Gasteiger partial charge is 0.275 e. The van der Waals surface area contributed by atoms with Crippen molar-refractivity contribution in [3.63, 3.8) is 0 Å². The third kappa shape index (κ3) is 5.13. The third-order valence-electron chi connectivity index (χ3n) is 4.98. The van der Waals surface area contributed by atoms with Crippen molar-refractivity contribution in [2.24, 2.45) is 0 Å². The Balaban J connectivity index is 1.73. The molecule has 1 amide bonds. The number of carbonyl (C=O) groups is 1. The predicted octanol–water partition coefficient (Wildman–Crippen LogP) is 3.14. The number of benzene rings is 1. The monoisotopic (exact) mass is 303 g/mol. The number of carbonyl (C=O) groups excluding carboxylic acids is 1. The average molecular weight is 303 g/mol. The van der Waals surface area contributed by atoms with Gasteiger partial charge in [-0.2, -0.15) is 0 Å². The molecule has 0 bridgehead atoms. The van der Waals surface area contributed by atoms with Gasteiger partial charge in [0.1, 0.15) is 0 Å². The van der Waals surface area contributed by atoms with Crippen molar-refractivity contribution >= 4 is 5.91 Å². The van der Waals surface area contributed by atoms with Crippen molar-refractivity contribution in [3.8, 4) is 0 Å². The van der Waals surface area contributed by atoms with E-state index in [1.165, 1.54) is 31.2 Å². The van der Waals surface area contributed by atoms with Crippen LogP contribution in [0.2, 0.25) is 0 Å². The number of likely N-dealkylation sites (N-methyl/N-ethyl adjacent to an activating group) is 1. The highest BCUT2D eigenvalue weighted by molar-refractivity contribution is 5.77. The van der Waals surface area contributed by atoms with Gasteiger partial charge >= 0.3 is 0 Å². The van der Waals surface area contributed by atoms with Crippen LogP contribution >= 0.6 is 0 Å². The van der Waals surface area contributed by atoms with E-state index < -0.39 is 0 Å². The number of nitrogens with zero attached hydrogens (tertiary/aromatic N) is 1. The standard InChI is InChI=1S/C19H30N2O/c1-16(13-14-17-9-5-4-6-10-17)20-19(22)15-21(2,3)18-11-7-8-12-18/h4-6,9-10,16,18H,7-8,11-15H2,1-3H3/p+1/t16-/m0/s1. The first-order valence-electron chi connectivity index (χ1n) is 8.63. The first kappa shape index (κ1) is 17.0. The lowest BCUT2D eigenvalue weighted by molar-refractivity contribution is -0.906. The van der Waals surface area contributed by atoms with Crippen molar-refractivity contribution in [1.29, 1.82) is 0 Å². The zero-order valence-electron chi connectivity index (χ0n) is 14.3. The SMILES string of the molecule is C[C@@H](CCc1ccccc1)NC(=O)C[N+](C)(C)C1CCCC1. The lowest BCUT2D eigenvalue weighted by atomic mass is 10.1. The van der Waals surface area contributed by atoms with Crippen molar-refractivity contribution in [3.05, 3.63) is 35.9 Å². The molecule has 22 heavy (non-hydrogen) atoms. The Kier molecular flexibility index (Phi) is 6.01. The molecule has 0 spiro atoms. The lowest BCUT2D eigenvalue weighted by Gasteiger charge is -2.35. The van der Waals surface area contributed by atoms with E-state index >= 15 is 0 Å². The van der Waals surface area contributed by atoms with Gasteiger partial charge in [0, 0.05) is 6.04 Å². The van der Waals surface area contributed by atoms with Gasteiger partial charge in [-0.1, -0.05) is 30.3 Å². The van der Waals surface area contributed by atoms with Crippen LogP contribution in [0, 0.1) is 0 Å². The Bertz CT molecular complexity index is 464. The minimum atomic E-state index is 0.192. The molecule has 1 aliphatic carbocycles. The van der Waals surface area contributed by atoms with Crippen LogP contribution in [0.25, 0.3) is 0 Å². The molecule has 1 saturated carbocycles. The van der Waals surface area contributed by atoms with Crippen LogP contribution in [0.1, 0.15) is 44.6 Å². The van der Waals surface area contributed by atoms with Crippen LogP contribution in [0.4, 0.5) is 0 Å². The van der Waals surface area contributed by atoms with E-state index in [9.17, 15) is 4.79 Å². The van der Waals surface area contributed by atoms with Crippen LogP contribution in [0.3, 0.4) is 0 Å². The van der Waals surface area contributed by atoms with Crippen molar-refractivity contribution in [2.75, 3.05) is 20.6 Å². The van der Waals surface area contributed by atoms with Gasteiger partial charge < -0.3 is 9.80 Å². The molecule has 0 heterocycles. The zero-order chi connectivity index (χ0) is 16.0. The minimum Gasteiger partial charge on any atom is -0.349 e. The Morgan fingerprint density at radius 1 is 1.23 bits per heavy atom. The molecule has 1 aromatic carbocycles. The molecule has 3 nitrogen and oxygen atoms in total. The molecule has 0 saturated heterocycles. The molecule has 122 valence electrons. The molecule has 1 aliphatic rings. The van der Waals surface area contributed by atoms with E-state index in [1.807, 2.05) is 6.07 Å². The third-order valence-corrected chi connectivity index (χ3v) is 4.98. The molecule has 1 fully saturated rings. The molecule has 0 unspecified atom stereocenters. The maximum Gasteiger partial charge on any atom is 0.275 e. The molecule has 3 heteroatoms. The summed E-state index contributed by atoms with van der Waals surface area (Å²) in [5, 5.41) is 3.18. The molecule has 1 aromatic rings. The van der Waals surface area contributed by atoms with E-state index in [0.29, 0.717) is 12.6 Å². The zero-order valence-corrected chi connectivity index (χ0v) is 14.3. The Hall–Kier alpha value is -1.35. The fraction of sp³-hybridized carbons (Fsp3) is 0.632. The molecule has 0 aromatic heterocycles. The number of quaternary nitrogens is 1. The minimum absolute atomic E-state index is 0.192. The summed E-state index contributed by atoms with van der Waals surface area (Å²) >= 11 is 0. The summed E-state index contributed by atoms with van der Waals surface area (Å²) in [6, 6.07) is 11.4. The number of hydrogen-bond donors (Lipinski definition) is 1. The summed E-state index contributed by atoms with van der Waals surface area (Å²) in [6.45, 7) is 2.71. The molecule has 1 atom stereocenters. The Labute approximate surface area is 135 Å². The van der Waals surface area contributed by atoms with Crippen molar-refractivity contribution in [1.82, 2.24) is 5.32 Å². The average Bonchev–Trinajstić information content (AvgIpc) is 3.00. The number of aryl methyl sites for hydroxylation is 1. The first-order chi connectivity index (χ1) is 10.5. The van der Waals surface area contributed by atoms with Gasteiger partial charge in [0.25, 0.3) is 5.91 Å². The fourth-order valence-electron chi connectivity index (χ4n) is 3.52. The molecular weight excluding hydrogens is 272 g/mol. The van der Waals surface area contributed by atoms with Crippen LogP contribution < -0.4 is 5.32 Å². The van der Waals surface area contributed by atoms with Crippen molar-refractivity contribution < 1.29 is 9.28 Å². The Morgan fingerprint density at radius 3 is 2.50 bits per heavy atom. The van der Waals surface area contributed by atoms with Gasteiger partial charge in [-0.05, 0) is 51.0 Å². The molecular formula is C19H31N2O+. The van der Waals surface area contributed by atoms with Gasteiger partial charge in [0.05, 0.1) is 20.1 Å². The maximum atomic E-state index is 12.3. The maximum absolute atomic E-state index is 12.3. The summed E-state index contributed by atoms with van der Waals surface area (Å²) in [7, 11) is 4.40. The summed E-state index contributed by atoms with van der Waals surface area (Å²) in [4.78, 5) is 12.3. The van der Waals surface area contributed by atoms with Crippen LogP contribution in [-0.2, 0) is 11.2 Å². The second kappa shape index (κ2) is 7.77. The van der Waals surface area contributed by atoms with Gasteiger partial charge in [-0.3, -0.25) is 4.79 Å². The first-order valence-corrected chi connectivity index (χ1v) is 8.63. The van der Waals surface area contributed by atoms with E-state index in [2.05, 4.69) is 50.6 Å². The largest absolute Gasteiger partial charge is 0.349 e. The summed E-state index contributed by atoms with van der Waals surface area (Å²) < 4.78 is 0.831. The van der Waals surface area contributed by atoms with E-state index in [4.69, 9.17) is 0 Å². The number of amides is 1. The number of hydrogen-bond acceptors (Lipinski definition) is 1. The van der Waals surface area contributed by atoms with Crippen LogP contribution in [-0.4, -0.2) is 43.1 Å². The van der Waals surface area contributed by atoms with Gasteiger partial charge in [0.15, 0.2) is 6.54 Å². The van der Waals surface area contributed by atoms with Gasteiger partial charge in [0.2, 0.25) is 0 Å². The van der Waals surface area contributed by atoms with E-state index in [1.54, 1.807) is 0 Å².